The molecule has 1 heterocycles. The highest BCUT2D eigenvalue weighted by molar-refractivity contribution is 7.22. The van der Waals surface area contributed by atoms with Gasteiger partial charge in [0.1, 0.15) is 0 Å². The summed E-state index contributed by atoms with van der Waals surface area (Å²) in [5.41, 5.74) is 0.992. The van der Waals surface area contributed by atoms with Crippen molar-refractivity contribution in [2.75, 3.05) is 32.1 Å². The molecule has 0 N–H and O–H groups in total. The van der Waals surface area contributed by atoms with Gasteiger partial charge in [0, 0.05) is 12.5 Å². The number of rotatable bonds is 6. The molecule has 0 bridgehead atoms. The average molecular weight is 382 g/mol. The summed E-state index contributed by atoms with van der Waals surface area (Å²) in [6.07, 6.45) is 6.68. The number of carbonyl (C=O) groups is 1. The second-order valence-corrected chi connectivity index (χ2v) is 7.95. The fourth-order valence-corrected chi connectivity index (χ4v) is 4.39. The van der Waals surface area contributed by atoms with E-state index in [9.17, 15) is 4.79 Å². The van der Waals surface area contributed by atoms with Gasteiger partial charge in [0.25, 0.3) is 0 Å². The van der Waals surface area contributed by atoms with E-state index in [2.05, 4.69) is 25.1 Å². The molecule has 0 spiro atoms. The molecule has 0 radical (unpaired) electrons. The summed E-state index contributed by atoms with van der Waals surface area (Å²) >= 11 is 1.64. The Balaban J connectivity index is 0.00000225. The Morgan fingerprint density at radius 2 is 1.88 bits per heavy atom. The molecule has 25 heavy (non-hydrogen) atoms. The van der Waals surface area contributed by atoms with E-state index >= 15 is 0 Å². The van der Waals surface area contributed by atoms with E-state index in [0.29, 0.717) is 0 Å². The molecule has 138 valence electrons. The zero-order valence-corrected chi connectivity index (χ0v) is 16.7. The van der Waals surface area contributed by atoms with Crippen molar-refractivity contribution in [3.05, 3.63) is 24.3 Å². The highest BCUT2D eigenvalue weighted by atomic mass is 35.5. The van der Waals surface area contributed by atoms with Gasteiger partial charge in [-0.15, -0.1) is 12.4 Å². The number of aromatic nitrogens is 1. The van der Waals surface area contributed by atoms with Gasteiger partial charge < -0.3 is 4.90 Å². The normalized spacial score (nSPS) is 15.3. The zero-order chi connectivity index (χ0) is 16.9. The SMILES string of the molecule is CN(C)CCCN(C(=O)C1CCCCC1)c1nc2ccccc2s1.Cl. The number of thiazole rings is 1. The molecule has 1 aliphatic rings. The number of anilines is 1. The van der Waals surface area contributed by atoms with Gasteiger partial charge in [0.15, 0.2) is 5.13 Å². The van der Waals surface area contributed by atoms with Gasteiger partial charge in [0.2, 0.25) is 5.91 Å². The Hall–Kier alpha value is -1.17. The van der Waals surface area contributed by atoms with Crippen LogP contribution in [0.25, 0.3) is 10.2 Å². The monoisotopic (exact) mass is 381 g/mol. The van der Waals surface area contributed by atoms with E-state index in [1.54, 1.807) is 11.3 Å². The highest BCUT2D eigenvalue weighted by Gasteiger charge is 2.28. The van der Waals surface area contributed by atoms with Gasteiger partial charge in [-0.25, -0.2) is 4.98 Å². The van der Waals surface area contributed by atoms with E-state index in [1.807, 2.05) is 23.1 Å². The zero-order valence-electron chi connectivity index (χ0n) is 15.1. The van der Waals surface area contributed by atoms with Gasteiger partial charge in [0.05, 0.1) is 10.2 Å². The fraction of sp³-hybridized carbons (Fsp3) is 0.579. The lowest BCUT2D eigenvalue weighted by molar-refractivity contribution is -0.123. The average Bonchev–Trinajstić information content (AvgIpc) is 3.02. The Morgan fingerprint density at radius 3 is 2.56 bits per heavy atom. The Kier molecular flexibility index (Phi) is 7.66. The highest BCUT2D eigenvalue weighted by Crippen LogP contribution is 2.32. The van der Waals surface area contributed by atoms with Crippen LogP contribution in [0.5, 0.6) is 0 Å². The third kappa shape index (κ3) is 5.16. The second kappa shape index (κ2) is 9.51. The Labute approximate surface area is 160 Å². The molecule has 3 rings (SSSR count). The number of halogens is 1. The minimum Gasteiger partial charge on any atom is -0.309 e. The van der Waals surface area contributed by atoms with E-state index < -0.39 is 0 Å². The topological polar surface area (TPSA) is 36.4 Å². The molecule has 0 aliphatic heterocycles. The number of nitrogens with zero attached hydrogens (tertiary/aromatic N) is 3. The van der Waals surface area contributed by atoms with Crippen molar-refractivity contribution in [1.29, 1.82) is 0 Å². The van der Waals surface area contributed by atoms with Crippen molar-refractivity contribution in [1.82, 2.24) is 9.88 Å². The lowest BCUT2D eigenvalue weighted by Crippen LogP contribution is -2.38. The molecule has 1 amide bonds. The van der Waals surface area contributed by atoms with Crippen molar-refractivity contribution >= 4 is 45.0 Å². The molecule has 0 unspecified atom stereocenters. The van der Waals surface area contributed by atoms with Crippen LogP contribution in [0, 0.1) is 5.92 Å². The molecule has 0 atom stereocenters. The number of hydrogen-bond donors (Lipinski definition) is 0. The van der Waals surface area contributed by atoms with Crippen LogP contribution < -0.4 is 4.90 Å². The second-order valence-electron chi connectivity index (χ2n) is 6.95. The van der Waals surface area contributed by atoms with Crippen LogP contribution in [0.15, 0.2) is 24.3 Å². The molecule has 1 aliphatic carbocycles. The van der Waals surface area contributed by atoms with E-state index in [-0.39, 0.29) is 24.2 Å². The number of carbonyl (C=O) groups excluding carboxylic acids is 1. The Bertz CT molecular complexity index is 649. The van der Waals surface area contributed by atoms with Crippen molar-refractivity contribution in [3.8, 4) is 0 Å². The standard InChI is InChI=1S/C19H27N3OS.ClH/c1-21(2)13-8-14-22(18(23)15-9-4-3-5-10-15)19-20-16-11-6-7-12-17(16)24-19;/h6-7,11-12,15H,3-5,8-10,13-14H2,1-2H3;1H. The number of para-hydroxylation sites is 1. The van der Waals surface area contributed by atoms with E-state index in [0.717, 1.165) is 47.7 Å². The predicted octanol–water partition coefficient (Wildman–Crippen LogP) is 4.58. The third-order valence-electron chi connectivity index (χ3n) is 4.72. The minimum atomic E-state index is 0. The van der Waals surface area contributed by atoms with Crippen molar-refractivity contribution < 1.29 is 4.79 Å². The summed E-state index contributed by atoms with van der Waals surface area (Å²) in [4.78, 5) is 22.0. The van der Waals surface area contributed by atoms with Gasteiger partial charge in [-0.3, -0.25) is 9.69 Å². The molecule has 0 saturated heterocycles. The Morgan fingerprint density at radius 1 is 1.16 bits per heavy atom. The predicted molar refractivity (Wildman–Crippen MR) is 109 cm³/mol. The first kappa shape index (κ1) is 20.1. The summed E-state index contributed by atoms with van der Waals surface area (Å²) in [6, 6.07) is 8.15. The summed E-state index contributed by atoms with van der Waals surface area (Å²) < 4.78 is 1.15. The molecular formula is C19H28ClN3OS. The number of amides is 1. The lowest BCUT2D eigenvalue weighted by Gasteiger charge is -2.28. The number of fused-ring (bicyclic) bond motifs is 1. The molecule has 1 saturated carbocycles. The molecule has 1 aromatic heterocycles. The fourth-order valence-electron chi connectivity index (χ4n) is 3.39. The van der Waals surface area contributed by atoms with E-state index in [1.165, 1.54) is 19.3 Å². The van der Waals surface area contributed by atoms with Gasteiger partial charge in [-0.05, 0) is 52.0 Å². The molecule has 1 fully saturated rings. The minimum absolute atomic E-state index is 0. The number of hydrogen-bond acceptors (Lipinski definition) is 4. The molecule has 2 aromatic rings. The first-order valence-electron chi connectivity index (χ1n) is 8.97. The molecule has 4 nitrogen and oxygen atoms in total. The lowest BCUT2D eigenvalue weighted by atomic mass is 9.88. The van der Waals surface area contributed by atoms with Crippen LogP contribution in [0.4, 0.5) is 5.13 Å². The van der Waals surface area contributed by atoms with E-state index in [4.69, 9.17) is 4.98 Å². The molecule has 6 heteroatoms. The summed E-state index contributed by atoms with van der Waals surface area (Å²) in [5.74, 6) is 0.470. The molecule has 1 aromatic carbocycles. The van der Waals surface area contributed by atoms with Crippen LogP contribution >= 0.6 is 23.7 Å². The van der Waals surface area contributed by atoms with Crippen molar-refractivity contribution in [2.24, 2.45) is 5.92 Å². The van der Waals surface area contributed by atoms with Crippen LogP contribution in [0.2, 0.25) is 0 Å². The maximum Gasteiger partial charge on any atom is 0.231 e. The quantitative estimate of drug-likeness (QED) is 0.734. The van der Waals surface area contributed by atoms with Crippen LogP contribution in [0.3, 0.4) is 0 Å². The molecular weight excluding hydrogens is 354 g/mol. The number of benzene rings is 1. The van der Waals surface area contributed by atoms with Gasteiger partial charge in [-0.2, -0.15) is 0 Å². The summed E-state index contributed by atoms with van der Waals surface area (Å²) in [6.45, 7) is 1.74. The first-order chi connectivity index (χ1) is 11.6. The maximum atomic E-state index is 13.1. The van der Waals surface area contributed by atoms with Crippen molar-refractivity contribution in [2.45, 2.75) is 38.5 Å². The van der Waals surface area contributed by atoms with Crippen LogP contribution in [-0.4, -0.2) is 43.0 Å². The van der Waals surface area contributed by atoms with Gasteiger partial charge >= 0.3 is 0 Å². The van der Waals surface area contributed by atoms with Gasteiger partial charge in [-0.1, -0.05) is 42.7 Å². The maximum absolute atomic E-state index is 13.1. The first-order valence-corrected chi connectivity index (χ1v) is 9.78. The van der Waals surface area contributed by atoms with Crippen LogP contribution in [0.1, 0.15) is 38.5 Å². The third-order valence-corrected chi connectivity index (χ3v) is 5.78. The van der Waals surface area contributed by atoms with Crippen LogP contribution in [-0.2, 0) is 4.79 Å². The van der Waals surface area contributed by atoms with Crippen molar-refractivity contribution in [3.63, 3.8) is 0 Å². The largest absolute Gasteiger partial charge is 0.309 e. The summed E-state index contributed by atoms with van der Waals surface area (Å²) in [5, 5.41) is 0.866. The summed E-state index contributed by atoms with van der Waals surface area (Å²) in [7, 11) is 4.15. The smallest absolute Gasteiger partial charge is 0.231 e.